The Morgan fingerprint density at radius 3 is 2.50 bits per heavy atom. The fourth-order valence-electron chi connectivity index (χ4n) is 1.93. The second kappa shape index (κ2) is 6.50. The molecule has 0 aliphatic heterocycles. The Hall–Kier alpha value is -1.42. The number of hydrogen-bond donors (Lipinski definition) is 1. The zero-order valence-electron chi connectivity index (χ0n) is 10.9. The maximum Gasteiger partial charge on any atom is 0.316 e. The van der Waals surface area contributed by atoms with Gasteiger partial charge in [-0.2, -0.15) is 0 Å². The van der Waals surface area contributed by atoms with Gasteiger partial charge in [0.2, 0.25) is 0 Å². The first-order chi connectivity index (χ1) is 8.54. The van der Waals surface area contributed by atoms with Crippen molar-refractivity contribution in [2.45, 2.75) is 32.1 Å². The van der Waals surface area contributed by atoms with Gasteiger partial charge in [-0.05, 0) is 50.9 Å². The third-order valence-electron chi connectivity index (χ3n) is 3.09. The Balaban J connectivity index is 3.02. The summed E-state index contributed by atoms with van der Waals surface area (Å²) in [5.41, 5.74) is 5.50. The molecule has 100 valence electrons. The molecule has 2 N–H and O–H groups in total. The molecular formula is C14H20FNO2. The summed E-state index contributed by atoms with van der Waals surface area (Å²) in [5, 5.41) is 0. The first-order valence-corrected chi connectivity index (χ1v) is 6.18. The number of rotatable bonds is 6. The van der Waals surface area contributed by atoms with E-state index in [1.165, 1.54) is 12.1 Å². The molecular weight excluding hydrogens is 233 g/mol. The van der Waals surface area contributed by atoms with Crippen LogP contribution in [0.3, 0.4) is 0 Å². The summed E-state index contributed by atoms with van der Waals surface area (Å²) in [5.74, 6) is -0.603. The van der Waals surface area contributed by atoms with E-state index in [1.807, 2.05) is 6.92 Å². The van der Waals surface area contributed by atoms with E-state index in [9.17, 15) is 9.18 Å². The molecule has 0 aliphatic carbocycles. The average molecular weight is 253 g/mol. The molecule has 0 heterocycles. The Kier molecular flexibility index (Phi) is 5.28. The van der Waals surface area contributed by atoms with Crippen molar-refractivity contribution in [2.24, 2.45) is 5.73 Å². The maximum atomic E-state index is 12.9. The minimum absolute atomic E-state index is 0.287. The number of esters is 1. The van der Waals surface area contributed by atoms with Crippen molar-refractivity contribution in [2.75, 3.05) is 13.2 Å². The third-order valence-corrected chi connectivity index (χ3v) is 3.09. The van der Waals surface area contributed by atoms with Crippen LogP contribution < -0.4 is 5.73 Å². The van der Waals surface area contributed by atoms with Crippen molar-refractivity contribution < 1.29 is 13.9 Å². The molecule has 1 aromatic carbocycles. The highest BCUT2D eigenvalue weighted by molar-refractivity contribution is 5.82. The average Bonchev–Trinajstić information content (AvgIpc) is 2.37. The molecule has 0 amide bonds. The number of ether oxygens (including phenoxy) is 1. The Morgan fingerprint density at radius 1 is 1.39 bits per heavy atom. The third kappa shape index (κ3) is 3.29. The number of halogens is 1. The van der Waals surface area contributed by atoms with E-state index < -0.39 is 5.41 Å². The summed E-state index contributed by atoms with van der Waals surface area (Å²) in [6.07, 6.45) is 1.31. The second-order valence-corrected chi connectivity index (χ2v) is 4.45. The lowest BCUT2D eigenvalue weighted by Gasteiger charge is -2.27. The zero-order valence-corrected chi connectivity index (χ0v) is 10.9. The first kappa shape index (κ1) is 14.6. The normalized spacial score (nSPS) is 14.0. The minimum atomic E-state index is -0.761. The smallest absolute Gasteiger partial charge is 0.316 e. The SMILES string of the molecule is CCOC(=O)C(C)(CCCN)c1ccc(F)cc1. The van der Waals surface area contributed by atoms with Gasteiger partial charge in [-0.1, -0.05) is 12.1 Å². The Labute approximate surface area is 107 Å². The van der Waals surface area contributed by atoms with Crippen LogP contribution in [-0.2, 0) is 14.9 Å². The van der Waals surface area contributed by atoms with Gasteiger partial charge in [0.25, 0.3) is 0 Å². The lowest BCUT2D eigenvalue weighted by atomic mass is 9.78. The summed E-state index contributed by atoms with van der Waals surface area (Å²) in [6.45, 7) is 4.42. The predicted octanol–water partition coefficient (Wildman–Crippen LogP) is 2.39. The first-order valence-electron chi connectivity index (χ1n) is 6.18. The molecule has 0 saturated heterocycles. The van der Waals surface area contributed by atoms with Gasteiger partial charge in [-0.25, -0.2) is 4.39 Å². The number of carbonyl (C=O) groups is 1. The van der Waals surface area contributed by atoms with Crippen molar-refractivity contribution in [1.82, 2.24) is 0 Å². The summed E-state index contributed by atoms with van der Waals surface area (Å²) < 4.78 is 18.1. The molecule has 4 heteroatoms. The number of hydrogen-bond acceptors (Lipinski definition) is 3. The van der Waals surface area contributed by atoms with Gasteiger partial charge in [0, 0.05) is 0 Å². The highest BCUT2D eigenvalue weighted by Gasteiger charge is 2.36. The van der Waals surface area contributed by atoms with Gasteiger partial charge < -0.3 is 10.5 Å². The number of nitrogens with two attached hydrogens (primary N) is 1. The molecule has 0 aromatic heterocycles. The molecule has 3 nitrogen and oxygen atoms in total. The van der Waals surface area contributed by atoms with Crippen molar-refractivity contribution >= 4 is 5.97 Å². The monoisotopic (exact) mass is 253 g/mol. The standard InChI is InChI=1S/C14H20FNO2/c1-3-18-13(17)14(2,9-4-10-16)11-5-7-12(15)8-6-11/h5-8H,3-4,9-10,16H2,1-2H3. The summed E-state index contributed by atoms with van der Waals surface area (Å²) in [6, 6.07) is 5.97. The number of benzene rings is 1. The molecule has 1 unspecified atom stereocenters. The van der Waals surface area contributed by atoms with Crippen molar-refractivity contribution in [3.8, 4) is 0 Å². The van der Waals surface area contributed by atoms with Crippen molar-refractivity contribution in [3.05, 3.63) is 35.6 Å². The Bertz CT molecular complexity index is 391. The molecule has 18 heavy (non-hydrogen) atoms. The predicted molar refractivity (Wildman–Crippen MR) is 68.7 cm³/mol. The van der Waals surface area contributed by atoms with Crippen LogP contribution in [0.2, 0.25) is 0 Å². The molecule has 0 saturated carbocycles. The van der Waals surface area contributed by atoms with Crippen LogP contribution in [0.25, 0.3) is 0 Å². The largest absolute Gasteiger partial charge is 0.465 e. The van der Waals surface area contributed by atoms with Crippen LogP contribution in [0.4, 0.5) is 4.39 Å². The molecule has 1 atom stereocenters. The van der Waals surface area contributed by atoms with Crippen LogP contribution in [0.15, 0.2) is 24.3 Å². The van der Waals surface area contributed by atoms with Crippen LogP contribution in [0.5, 0.6) is 0 Å². The van der Waals surface area contributed by atoms with E-state index in [4.69, 9.17) is 10.5 Å². The van der Waals surface area contributed by atoms with Crippen LogP contribution in [0, 0.1) is 5.82 Å². The molecule has 1 aromatic rings. The van der Waals surface area contributed by atoms with Crippen LogP contribution in [-0.4, -0.2) is 19.1 Å². The van der Waals surface area contributed by atoms with E-state index >= 15 is 0 Å². The molecule has 0 bridgehead atoms. The second-order valence-electron chi connectivity index (χ2n) is 4.45. The van der Waals surface area contributed by atoms with Crippen LogP contribution >= 0.6 is 0 Å². The molecule has 0 fully saturated rings. The molecule has 0 spiro atoms. The van der Waals surface area contributed by atoms with Crippen LogP contribution in [0.1, 0.15) is 32.3 Å². The van der Waals surface area contributed by atoms with E-state index in [-0.39, 0.29) is 11.8 Å². The summed E-state index contributed by atoms with van der Waals surface area (Å²) in [4.78, 5) is 12.1. The van der Waals surface area contributed by atoms with Crippen molar-refractivity contribution in [1.29, 1.82) is 0 Å². The van der Waals surface area contributed by atoms with Gasteiger partial charge in [0.05, 0.1) is 12.0 Å². The minimum Gasteiger partial charge on any atom is -0.465 e. The molecule has 1 rings (SSSR count). The fourth-order valence-corrected chi connectivity index (χ4v) is 1.93. The lowest BCUT2D eigenvalue weighted by molar-refractivity contribution is -0.149. The highest BCUT2D eigenvalue weighted by Crippen LogP contribution is 2.30. The lowest BCUT2D eigenvalue weighted by Crippen LogP contribution is -2.35. The quantitative estimate of drug-likeness (QED) is 0.792. The fraction of sp³-hybridized carbons (Fsp3) is 0.500. The van der Waals surface area contributed by atoms with E-state index in [2.05, 4.69) is 0 Å². The topological polar surface area (TPSA) is 52.3 Å². The maximum absolute atomic E-state index is 12.9. The Morgan fingerprint density at radius 2 is 2.00 bits per heavy atom. The summed E-state index contributed by atoms with van der Waals surface area (Å²) >= 11 is 0. The van der Waals surface area contributed by atoms with Gasteiger partial charge in [-0.15, -0.1) is 0 Å². The number of carbonyl (C=O) groups excluding carboxylic acids is 1. The van der Waals surface area contributed by atoms with E-state index in [0.29, 0.717) is 26.0 Å². The van der Waals surface area contributed by atoms with Gasteiger partial charge in [-0.3, -0.25) is 4.79 Å². The molecule has 0 radical (unpaired) electrons. The molecule has 0 aliphatic rings. The van der Waals surface area contributed by atoms with Gasteiger partial charge >= 0.3 is 5.97 Å². The van der Waals surface area contributed by atoms with Gasteiger partial charge in [0.15, 0.2) is 0 Å². The van der Waals surface area contributed by atoms with E-state index in [0.717, 1.165) is 5.56 Å². The van der Waals surface area contributed by atoms with Crippen molar-refractivity contribution in [3.63, 3.8) is 0 Å². The van der Waals surface area contributed by atoms with Gasteiger partial charge in [0.1, 0.15) is 5.82 Å². The zero-order chi connectivity index (χ0) is 13.6. The van der Waals surface area contributed by atoms with E-state index in [1.54, 1.807) is 19.1 Å². The highest BCUT2D eigenvalue weighted by atomic mass is 19.1. The summed E-state index contributed by atoms with van der Waals surface area (Å²) in [7, 11) is 0.